The van der Waals surface area contributed by atoms with Crippen molar-refractivity contribution in [2.24, 2.45) is 0 Å². The quantitative estimate of drug-likeness (QED) is 0.427. The fourth-order valence-corrected chi connectivity index (χ4v) is 4.91. The van der Waals surface area contributed by atoms with Crippen molar-refractivity contribution in [3.8, 4) is 5.75 Å². The second-order valence-electron chi connectivity index (χ2n) is 8.28. The van der Waals surface area contributed by atoms with Crippen molar-refractivity contribution in [2.45, 2.75) is 45.6 Å². The lowest BCUT2D eigenvalue weighted by molar-refractivity contribution is -0.140. The van der Waals surface area contributed by atoms with Gasteiger partial charge >= 0.3 is 0 Å². The summed E-state index contributed by atoms with van der Waals surface area (Å²) in [6, 6.07) is 16.0. The molecule has 9 heteroatoms. The zero-order valence-electron chi connectivity index (χ0n) is 21.1. The van der Waals surface area contributed by atoms with E-state index in [9.17, 15) is 18.0 Å². The molecule has 0 heterocycles. The first-order valence-electron chi connectivity index (χ1n) is 11.9. The molecule has 0 unspecified atom stereocenters. The van der Waals surface area contributed by atoms with Crippen LogP contribution in [0.1, 0.15) is 38.7 Å². The Morgan fingerprint density at radius 3 is 2.34 bits per heavy atom. The number of hydrogen-bond acceptors (Lipinski definition) is 5. The van der Waals surface area contributed by atoms with Crippen molar-refractivity contribution >= 4 is 27.5 Å². The maximum Gasteiger partial charge on any atom is 0.242 e. The van der Waals surface area contributed by atoms with Crippen LogP contribution in [-0.4, -0.2) is 64.2 Å². The molecule has 0 radical (unpaired) electrons. The molecule has 35 heavy (non-hydrogen) atoms. The van der Waals surface area contributed by atoms with E-state index in [4.69, 9.17) is 4.74 Å². The predicted octanol–water partition coefficient (Wildman–Crippen LogP) is 3.23. The Labute approximate surface area is 209 Å². The van der Waals surface area contributed by atoms with Crippen LogP contribution in [0.4, 0.5) is 5.69 Å². The number of carbonyl (C=O) groups excluding carboxylic acids is 2. The minimum absolute atomic E-state index is 0.126. The molecular formula is C26H37N3O5S. The second kappa shape index (κ2) is 13.7. The summed E-state index contributed by atoms with van der Waals surface area (Å²) in [7, 11) is -2.04. The van der Waals surface area contributed by atoms with E-state index in [2.05, 4.69) is 5.32 Å². The number of likely N-dealkylation sites (N-methyl/N-ethyl adjacent to an activating group) is 1. The first-order chi connectivity index (χ1) is 16.7. The largest absolute Gasteiger partial charge is 0.497 e. The van der Waals surface area contributed by atoms with Crippen molar-refractivity contribution in [3.63, 3.8) is 0 Å². The molecule has 2 amide bonds. The molecular weight excluding hydrogens is 466 g/mol. The molecule has 2 rings (SSSR count). The first-order valence-corrected chi connectivity index (χ1v) is 13.8. The van der Waals surface area contributed by atoms with E-state index < -0.39 is 16.1 Å². The zero-order valence-corrected chi connectivity index (χ0v) is 21.9. The summed E-state index contributed by atoms with van der Waals surface area (Å²) in [6.45, 7) is 4.77. The number of sulfonamides is 1. The molecule has 8 nitrogen and oxygen atoms in total. The van der Waals surface area contributed by atoms with Gasteiger partial charge in [-0.15, -0.1) is 0 Å². The summed E-state index contributed by atoms with van der Waals surface area (Å²) in [5.41, 5.74) is 1.56. The number of nitrogens with one attached hydrogen (secondary N) is 1. The summed E-state index contributed by atoms with van der Waals surface area (Å²) in [6.07, 6.45) is 2.70. The van der Waals surface area contributed by atoms with Crippen molar-refractivity contribution in [1.82, 2.24) is 10.2 Å². The van der Waals surface area contributed by atoms with Gasteiger partial charge in [0.25, 0.3) is 0 Å². The maximum absolute atomic E-state index is 13.3. The Morgan fingerprint density at radius 1 is 1.03 bits per heavy atom. The van der Waals surface area contributed by atoms with Crippen LogP contribution in [0.25, 0.3) is 0 Å². The van der Waals surface area contributed by atoms with E-state index in [0.717, 1.165) is 11.8 Å². The van der Waals surface area contributed by atoms with Crippen LogP contribution in [0.2, 0.25) is 0 Å². The normalized spacial score (nSPS) is 12.0. The van der Waals surface area contributed by atoms with Gasteiger partial charge in [-0.05, 0) is 43.9 Å². The van der Waals surface area contributed by atoms with Crippen LogP contribution in [-0.2, 0) is 26.0 Å². The van der Waals surface area contributed by atoms with Gasteiger partial charge < -0.3 is 15.0 Å². The fraction of sp³-hybridized carbons (Fsp3) is 0.462. The standard InChI is InChI=1S/C26H37N3O5S/c1-5-24(26(31)27-6-2)28(19-17-21-12-8-7-9-13-21)25(30)16-11-18-29(35(4,32)33)22-14-10-15-23(20-22)34-3/h7-10,12-15,20,24H,5-6,11,16-19H2,1-4H3,(H,27,31)/t24-/m0/s1. The van der Waals surface area contributed by atoms with Crippen molar-refractivity contribution in [1.29, 1.82) is 0 Å². The molecule has 192 valence electrons. The smallest absolute Gasteiger partial charge is 0.242 e. The molecule has 0 spiro atoms. The Morgan fingerprint density at radius 2 is 1.74 bits per heavy atom. The van der Waals surface area contributed by atoms with Gasteiger partial charge in [0.1, 0.15) is 11.8 Å². The summed E-state index contributed by atoms with van der Waals surface area (Å²) < 4.78 is 31.4. The van der Waals surface area contributed by atoms with Gasteiger partial charge in [-0.2, -0.15) is 0 Å². The van der Waals surface area contributed by atoms with Crippen molar-refractivity contribution in [3.05, 3.63) is 60.2 Å². The van der Waals surface area contributed by atoms with Gasteiger partial charge in [0, 0.05) is 32.1 Å². The average Bonchev–Trinajstić information content (AvgIpc) is 2.84. The van der Waals surface area contributed by atoms with E-state index in [1.54, 1.807) is 29.2 Å². The number of anilines is 1. The molecule has 0 fully saturated rings. The highest BCUT2D eigenvalue weighted by Crippen LogP contribution is 2.23. The molecule has 2 aromatic rings. The van der Waals surface area contributed by atoms with Gasteiger partial charge in [0.15, 0.2) is 0 Å². The number of methoxy groups -OCH3 is 1. The minimum Gasteiger partial charge on any atom is -0.497 e. The fourth-order valence-electron chi connectivity index (χ4n) is 3.96. The third-order valence-electron chi connectivity index (χ3n) is 5.71. The molecule has 0 saturated heterocycles. The van der Waals surface area contributed by atoms with Crippen LogP contribution >= 0.6 is 0 Å². The lowest BCUT2D eigenvalue weighted by Gasteiger charge is -2.31. The number of hydrogen-bond donors (Lipinski definition) is 1. The molecule has 2 aromatic carbocycles. The van der Waals surface area contributed by atoms with E-state index in [-0.39, 0.29) is 24.8 Å². The number of nitrogens with zero attached hydrogens (tertiary/aromatic N) is 2. The van der Waals surface area contributed by atoms with Crippen LogP contribution in [0, 0.1) is 0 Å². The van der Waals surface area contributed by atoms with Gasteiger partial charge in [-0.1, -0.05) is 43.3 Å². The average molecular weight is 504 g/mol. The number of rotatable bonds is 14. The summed E-state index contributed by atoms with van der Waals surface area (Å²) >= 11 is 0. The number of carbonyl (C=O) groups is 2. The number of amides is 2. The molecule has 0 saturated carbocycles. The highest BCUT2D eigenvalue weighted by molar-refractivity contribution is 7.92. The van der Waals surface area contributed by atoms with Crippen LogP contribution in [0.3, 0.4) is 0 Å². The lowest BCUT2D eigenvalue weighted by atomic mass is 10.1. The van der Waals surface area contributed by atoms with Crippen LogP contribution < -0.4 is 14.4 Å². The molecule has 0 aliphatic rings. The third-order valence-corrected chi connectivity index (χ3v) is 6.91. The molecule has 0 aromatic heterocycles. The van der Waals surface area contributed by atoms with Crippen molar-refractivity contribution < 1.29 is 22.7 Å². The Balaban J connectivity index is 2.14. The predicted molar refractivity (Wildman–Crippen MR) is 139 cm³/mol. The Bertz CT molecular complexity index is 1060. The Hall–Kier alpha value is -3.07. The monoisotopic (exact) mass is 503 g/mol. The molecule has 0 aliphatic heterocycles. The van der Waals surface area contributed by atoms with Gasteiger partial charge in [-0.3, -0.25) is 13.9 Å². The van der Waals surface area contributed by atoms with E-state index >= 15 is 0 Å². The minimum atomic E-state index is -3.56. The van der Waals surface area contributed by atoms with E-state index in [1.807, 2.05) is 44.2 Å². The Kier molecular flexibility index (Phi) is 11.0. The summed E-state index contributed by atoms with van der Waals surface area (Å²) in [5.74, 6) is 0.204. The maximum atomic E-state index is 13.3. The SMILES string of the molecule is CCNC(=O)[C@H](CC)N(CCc1ccccc1)C(=O)CCCN(c1cccc(OC)c1)S(C)(=O)=O. The topological polar surface area (TPSA) is 96.0 Å². The van der Waals surface area contributed by atoms with Crippen molar-refractivity contribution in [2.75, 3.05) is 37.3 Å². The number of ether oxygens (including phenoxy) is 1. The van der Waals surface area contributed by atoms with Gasteiger partial charge in [0.2, 0.25) is 21.8 Å². The summed E-state index contributed by atoms with van der Waals surface area (Å²) in [4.78, 5) is 27.6. The third kappa shape index (κ3) is 8.58. The number of benzene rings is 2. The first kappa shape index (κ1) is 28.2. The molecule has 1 atom stereocenters. The zero-order chi connectivity index (χ0) is 25.8. The van der Waals surface area contributed by atoms with E-state index in [1.165, 1.54) is 11.4 Å². The van der Waals surface area contributed by atoms with Crippen LogP contribution in [0.5, 0.6) is 5.75 Å². The second-order valence-corrected chi connectivity index (χ2v) is 10.2. The summed E-state index contributed by atoms with van der Waals surface area (Å²) in [5, 5.41) is 2.82. The van der Waals surface area contributed by atoms with Gasteiger partial charge in [0.05, 0.1) is 19.1 Å². The van der Waals surface area contributed by atoms with E-state index in [0.29, 0.717) is 43.8 Å². The highest BCUT2D eigenvalue weighted by Gasteiger charge is 2.28. The lowest BCUT2D eigenvalue weighted by Crippen LogP contribution is -2.50. The molecule has 1 N–H and O–H groups in total. The van der Waals surface area contributed by atoms with Gasteiger partial charge in [-0.25, -0.2) is 8.42 Å². The highest BCUT2D eigenvalue weighted by atomic mass is 32.2. The molecule has 0 bridgehead atoms. The van der Waals surface area contributed by atoms with Crippen LogP contribution in [0.15, 0.2) is 54.6 Å². The molecule has 0 aliphatic carbocycles.